The molecule has 3 aromatic carbocycles. The van der Waals surface area contributed by atoms with Gasteiger partial charge >= 0.3 is 5.97 Å². The van der Waals surface area contributed by atoms with Crippen LogP contribution in [0.15, 0.2) is 82.7 Å². The van der Waals surface area contributed by atoms with Crippen molar-refractivity contribution in [3.8, 4) is 5.69 Å². The number of carbonyl (C=O) groups is 2. The summed E-state index contributed by atoms with van der Waals surface area (Å²) in [5.74, 6) is -0.957. The van der Waals surface area contributed by atoms with Crippen LogP contribution in [0.3, 0.4) is 0 Å². The Bertz CT molecular complexity index is 1420. The average molecular weight is 480 g/mol. The second kappa shape index (κ2) is 9.89. The highest BCUT2D eigenvalue weighted by molar-refractivity contribution is 7.99. The number of carbonyl (C=O) groups excluding carboxylic acids is 2. The molecule has 1 amide bonds. The molecule has 0 bridgehead atoms. The molecular formula is C24H18ClN3O4S. The molecule has 0 fully saturated rings. The van der Waals surface area contributed by atoms with Crippen LogP contribution in [-0.2, 0) is 9.53 Å². The Hall–Kier alpha value is -3.62. The molecule has 0 aliphatic carbocycles. The molecule has 0 saturated carbocycles. The van der Waals surface area contributed by atoms with Gasteiger partial charge in [-0.2, -0.15) is 0 Å². The Labute approximate surface area is 198 Å². The summed E-state index contributed by atoms with van der Waals surface area (Å²) in [5.41, 5.74) is 1.40. The van der Waals surface area contributed by atoms with Crippen LogP contribution in [-0.4, -0.2) is 34.3 Å². The minimum atomic E-state index is -0.551. The Balaban J connectivity index is 1.65. The van der Waals surface area contributed by atoms with Crippen LogP contribution >= 0.6 is 23.4 Å². The summed E-state index contributed by atoms with van der Waals surface area (Å²) in [5, 5.41) is 3.99. The maximum absolute atomic E-state index is 13.3. The summed E-state index contributed by atoms with van der Waals surface area (Å²) in [6, 6.07) is 20.4. The Kier molecular flexibility index (Phi) is 6.76. The van der Waals surface area contributed by atoms with E-state index in [0.717, 1.165) is 11.8 Å². The molecule has 0 saturated heterocycles. The smallest absolute Gasteiger partial charge is 0.339 e. The van der Waals surface area contributed by atoms with E-state index in [0.29, 0.717) is 32.5 Å². The minimum Gasteiger partial charge on any atom is -0.465 e. The number of methoxy groups -OCH3 is 1. The van der Waals surface area contributed by atoms with E-state index in [1.54, 1.807) is 72.8 Å². The molecule has 33 heavy (non-hydrogen) atoms. The van der Waals surface area contributed by atoms with Crippen molar-refractivity contribution in [1.82, 2.24) is 9.55 Å². The number of hydrogen-bond acceptors (Lipinski definition) is 6. The standard InChI is InChI=1S/C24H18ClN3O4S/c1-32-23(31)18-10-3-5-12-20(18)26-21(29)14-33-24-27-19-11-4-2-9-17(19)22(30)28(24)16-8-6-7-15(25)13-16/h2-13H,14H2,1H3,(H,26,29). The van der Waals surface area contributed by atoms with Crippen molar-refractivity contribution in [3.63, 3.8) is 0 Å². The van der Waals surface area contributed by atoms with E-state index >= 15 is 0 Å². The van der Waals surface area contributed by atoms with Gasteiger partial charge < -0.3 is 10.1 Å². The highest BCUT2D eigenvalue weighted by Gasteiger charge is 2.17. The molecule has 4 rings (SSSR count). The van der Waals surface area contributed by atoms with Crippen molar-refractivity contribution >= 4 is 51.8 Å². The number of fused-ring (bicyclic) bond motifs is 1. The largest absolute Gasteiger partial charge is 0.465 e. The number of benzene rings is 3. The van der Waals surface area contributed by atoms with Crippen LogP contribution in [0.2, 0.25) is 5.02 Å². The van der Waals surface area contributed by atoms with E-state index in [1.165, 1.54) is 11.7 Å². The third-order valence-electron chi connectivity index (χ3n) is 4.75. The zero-order valence-corrected chi connectivity index (χ0v) is 19.0. The van der Waals surface area contributed by atoms with Crippen molar-refractivity contribution in [2.45, 2.75) is 5.16 Å². The van der Waals surface area contributed by atoms with Gasteiger partial charge in [-0.25, -0.2) is 9.78 Å². The van der Waals surface area contributed by atoms with E-state index in [2.05, 4.69) is 10.3 Å². The zero-order chi connectivity index (χ0) is 23.4. The second-order valence-corrected chi connectivity index (χ2v) is 8.28. The van der Waals surface area contributed by atoms with Crippen LogP contribution in [0.5, 0.6) is 0 Å². The van der Waals surface area contributed by atoms with Crippen LogP contribution in [0.4, 0.5) is 5.69 Å². The molecule has 9 heteroatoms. The number of rotatable bonds is 6. The van der Waals surface area contributed by atoms with Crippen molar-refractivity contribution in [2.75, 3.05) is 18.2 Å². The molecule has 0 atom stereocenters. The third-order valence-corrected chi connectivity index (χ3v) is 5.92. The van der Waals surface area contributed by atoms with E-state index < -0.39 is 5.97 Å². The summed E-state index contributed by atoms with van der Waals surface area (Å²) in [4.78, 5) is 42.5. The normalized spacial score (nSPS) is 10.7. The number of para-hydroxylation sites is 2. The van der Waals surface area contributed by atoms with Crippen molar-refractivity contribution in [2.24, 2.45) is 0 Å². The number of thioether (sulfide) groups is 1. The molecule has 7 nitrogen and oxygen atoms in total. The molecule has 1 heterocycles. The topological polar surface area (TPSA) is 90.3 Å². The first-order chi connectivity index (χ1) is 16.0. The predicted molar refractivity (Wildman–Crippen MR) is 129 cm³/mol. The first kappa shape index (κ1) is 22.6. The van der Waals surface area contributed by atoms with Crippen LogP contribution in [0.25, 0.3) is 16.6 Å². The molecule has 1 aromatic heterocycles. The number of amides is 1. The fourth-order valence-corrected chi connectivity index (χ4v) is 4.25. The SMILES string of the molecule is COC(=O)c1ccccc1NC(=O)CSc1nc2ccccc2c(=O)n1-c1cccc(Cl)c1. The fourth-order valence-electron chi connectivity index (χ4n) is 3.25. The van der Waals surface area contributed by atoms with Gasteiger partial charge in [-0.15, -0.1) is 0 Å². The molecule has 166 valence electrons. The van der Waals surface area contributed by atoms with E-state index in [9.17, 15) is 14.4 Å². The van der Waals surface area contributed by atoms with Gasteiger partial charge in [0.1, 0.15) is 0 Å². The van der Waals surface area contributed by atoms with E-state index in [4.69, 9.17) is 16.3 Å². The number of nitrogens with zero attached hydrogens (tertiary/aromatic N) is 2. The van der Waals surface area contributed by atoms with Crippen molar-refractivity contribution in [3.05, 3.63) is 93.7 Å². The number of anilines is 1. The van der Waals surface area contributed by atoms with Crippen LogP contribution in [0.1, 0.15) is 10.4 Å². The monoisotopic (exact) mass is 479 g/mol. The maximum atomic E-state index is 13.3. The second-order valence-electron chi connectivity index (χ2n) is 6.91. The third kappa shape index (κ3) is 4.92. The highest BCUT2D eigenvalue weighted by atomic mass is 35.5. The van der Waals surface area contributed by atoms with Gasteiger partial charge in [-0.1, -0.05) is 53.7 Å². The molecule has 0 spiro atoms. The van der Waals surface area contributed by atoms with E-state index in [1.807, 2.05) is 0 Å². The number of esters is 1. The van der Waals surface area contributed by atoms with Crippen molar-refractivity contribution < 1.29 is 14.3 Å². The summed E-state index contributed by atoms with van der Waals surface area (Å²) in [6.45, 7) is 0. The molecular weight excluding hydrogens is 462 g/mol. The number of hydrogen-bond donors (Lipinski definition) is 1. The molecule has 0 unspecified atom stereocenters. The van der Waals surface area contributed by atoms with Gasteiger partial charge in [0.25, 0.3) is 5.56 Å². The van der Waals surface area contributed by atoms with Crippen LogP contribution in [0, 0.1) is 0 Å². The number of nitrogens with one attached hydrogen (secondary N) is 1. The summed E-state index contributed by atoms with van der Waals surface area (Å²) in [7, 11) is 1.28. The van der Waals surface area contributed by atoms with Crippen molar-refractivity contribution in [1.29, 1.82) is 0 Å². The lowest BCUT2D eigenvalue weighted by molar-refractivity contribution is -0.113. The summed E-state index contributed by atoms with van der Waals surface area (Å²) in [6.07, 6.45) is 0. The first-order valence-corrected chi connectivity index (χ1v) is 11.2. The lowest BCUT2D eigenvalue weighted by Crippen LogP contribution is -2.23. The number of ether oxygens (including phenoxy) is 1. The highest BCUT2D eigenvalue weighted by Crippen LogP contribution is 2.24. The predicted octanol–water partition coefficient (Wildman–Crippen LogP) is 4.56. The maximum Gasteiger partial charge on any atom is 0.339 e. The first-order valence-electron chi connectivity index (χ1n) is 9.85. The van der Waals surface area contributed by atoms with E-state index in [-0.39, 0.29) is 22.8 Å². The van der Waals surface area contributed by atoms with Gasteiger partial charge in [0.15, 0.2) is 5.16 Å². The zero-order valence-electron chi connectivity index (χ0n) is 17.4. The quantitative estimate of drug-likeness (QED) is 0.248. The number of aromatic nitrogens is 2. The minimum absolute atomic E-state index is 0.0408. The van der Waals surface area contributed by atoms with Gasteiger partial charge in [-0.3, -0.25) is 14.2 Å². The molecule has 0 aliphatic rings. The Morgan fingerprint density at radius 1 is 1.06 bits per heavy atom. The molecule has 1 N–H and O–H groups in total. The molecule has 0 aliphatic heterocycles. The summed E-state index contributed by atoms with van der Waals surface area (Å²) >= 11 is 7.25. The Morgan fingerprint density at radius 2 is 1.82 bits per heavy atom. The van der Waals surface area contributed by atoms with Gasteiger partial charge in [0.05, 0.1) is 40.7 Å². The number of halogens is 1. The lowest BCUT2D eigenvalue weighted by Gasteiger charge is -2.14. The summed E-state index contributed by atoms with van der Waals surface area (Å²) < 4.78 is 6.20. The average Bonchev–Trinajstić information content (AvgIpc) is 2.82. The molecule has 4 aromatic rings. The van der Waals surface area contributed by atoms with Gasteiger partial charge in [0.2, 0.25) is 5.91 Å². The molecule has 0 radical (unpaired) electrons. The fraction of sp³-hybridized carbons (Fsp3) is 0.0833. The van der Waals surface area contributed by atoms with Crippen LogP contribution < -0.4 is 10.9 Å². The van der Waals surface area contributed by atoms with Gasteiger partial charge in [0, 0.05) is 5.02 Å². The van der Waals surface area contributed by atoms with Gasteiger partial charge in [-0.05, 0) is 42.5 Å². The Morgan fingerprint density at radius 3 is 2.61 bits per heavy atom. The lowest BCUT2D eigenvalue weighted by atomic mass is 10.2.